The molecule has 2 bridgehead atoms. The first kappa shape index (κ1) is 24.1. The summed E-state index contributed by atoms with van der Waals surface area (Å²) in [6.07, 6.45) is 9.13. The average Bonchev–Trinajstić information content (AvgIpc) is 2.68. The van der Waals surface area contributed by atoms with Crippen molar-refractivity contribution in [3.63, 3.8) is 0 Å². The molecular formula is C23H38O6. The van der Waals surface area contributed by atoms with Gasteiger partial charge in [-0.05, 0) is 50.5 Å². The zero-order chi connectivity index (χ0) is 21.4. The second-order valence-electron chi connectivity index (χ2n) is 8.99. The summed E-state index contributed by atoms with van der Waals surface area (Å²) in [5.41, 5.74) is -0.486. The van der Waals surface area contributed by atoms with E-state index >= 15 is 0 Å². The number of hydrogen-bond acceptors (Lipinski definition) is 6. The van der Waals surface area contributed by atoms with E-state index < -0.39 is 29.7 Å². The summed E-state index contributed by atoms with van der Waals surface area (Å²) in [4.78, 5) is 12.2. The quantitative estimate of drug-likeness (QED) is 0.487. The van der Waals surface area contributed by atoms with E-state index in [-0.39, 0.29) is 37.6 Å². The molecule has 0 spiro atoms. The molecule has 0 unspecified atom stereocenters. The molecule has 0 aromatic rings. The molecule has 0 aromatic heterocycles. The molecule has 166 valence electrons. The third-order valence-electron chi connectivity index (χ3n) is 6.31. The molecule has 6 heteroatoms. The van der Waals surface area contributed by atoms with Crippen molar-refractivity contribution in [1.29, 1.82) is 0 Å². The Hall–Kier alpha value is -1.21. The SMILES string of the molecule is CC[C@H](/C=C\[C@@H]1C[C@@H](O)C[C@H](O)C(C)(C)[C@@H]2CCC[C@H](C/C=C/C(=O)O1)O2)CO. The summed E-state index contributed by atoms with van der Waals surface area (Å²) in [6.45, 7) is 5.97. The first-order valence-electron chi connectivity index (χ1n) is 10.9. The van der Waals surface area contributed by atoms with Crippen molar-refractivity contribution in [2.45, 2.75) is 96.2 Å². The van der Waals surface area contributed by atoms with Crippen LogP contribution in [0.3, 0.4) is 0 Å². The van der Waals surface area contributed by atoms with E-state index in [0.29, 0.717) is 6.42 Å². The van der Waals surface area contributed by atoms with Gasteiger partial charge in [-0.1, -0.05) is 32.9 Å². The Morgan fingerprint density at radius 1 is 1.28 bits per heavy atom. The number of aliphatic hydroxyl groups is 3. The van der Waals surface area contributed by atoms with Gasteiger partial charge in [0.1, 0.15) is 6.10 Å². The van der Waals surface area contributed by atoms with Crippen LogP contribution in [0, 0.1) is 11.3 Å². The van der Waals surface area contributed by atoms with E-state index in [4.69, 9.17) is 9.47 Å². The summed E-state index contributed by atoms with van der Waals surface area (Å²) in [5, 5.41) is 30.8. The fourth-order valence-corrected chi connectivity index (χ4v) is 4.04. The lowest BCUT2D eigenvalue weighted by Gasteiger charge is -2.43. The smallest absolute Gasteiger partial charge is 0.331 e. The molecule has 29 heavy (non-hydrogen) atoms. The zero-order valence-corrected chi connectivity index (χ0v) is 18.0. The molecule has 1 saturated heterocycles. The number of fused-ring (bicyclic) bond motifs is 2. The molecule has 0 radical (unpaired) electrons. The molecule has 1 fully saturated rings. The number of aliphatic hydroxyl groups excluding tert-OH is 3. The largest absolute Gasteiger partial charge is 0.455 e. The zero-order valence-electron chi connectivity index (χ0n) is 18.0. The average molecular weight is 411 g/mol. The number of hydrogen-bond donors (Lipinski definition) is 3. The van der Waals surface area contributed by atoms with Crippen LogP contribution < -0.4 is 0 Å². The van der Waals surface area contributed by atoms with Crippen molar-refractivity contribution in [3.8, 4) is 0 Å². The van der Waals surface area contributed by atoms with Crippen LogP contribution in [0.15, 0.2) is 24.3 Å². The van der Waals surface area contributed by atoms with E-state index in [0.717, 1.165) is 25.7 Å². The monoisotopic (exact) mass is 410 g/mol. The molecular weight excluding hydrogens is 372 g/mol. The van der Waals surface area contributed by atoms with Gasteiger partial charge >= 0.3 is 5.97 Å². The molecule has 0 amide bonds. The molecule has 6 nitrogen and oxygen atoms in total. The van der Waals surface area contributed by atoms with Crippen molar-refractivity contribution >= 4 is 5.97 Å². The fraction of sp³-hybridized carbons (Fsp3) is 0.783. The van der Waals surface area contributed by atoms with Gasteiger partial charge in [0.15, 0.2) is 0 Å². The van der Waals surface area contributed by atoms with Crippen molar-refractivity contribution in [1.82, 2.24) is 0 Å². The maximum absolute atomic E-state index is 12.2. The van der Waals surface area contributed by atoms with Gasteiger partial charge in [-0.25, -0.2) is 4.79 Å². The van der Waals surface area contributed by atoms with Gasteiger partial charge < -0.3 is 24.8 Å². The van der Waals surface area contributed by atoms with Crippen LogP contribution in [0.4, 0.5) is 0 Å². The third-order valence-corrected chi connectivity index (χ3v) is 6.31. The van der Waals surface area contributed by atoms with Gasteiger partial charge in [0.25, 0.3) is 0 Å². The minimum atomic E-state index is -0.827. The van der Waals surface area contributed by atoms with Gasteiger partial charge in [-0.3, -0.25) is 0 Å². The second kappa shape index (κ2) is 11.3. The normalized spacial score (nSPS) is 36.2. The summed E-state index contributed by atoms with van der Waals surface area (Å²) < 4.78 is 11.7. The Labute approximate surface area is 174 Å². The lowest BCUT2D eigenvalue weighted by molar-refractivity contribution is -0.147. The summed E-state index contributed by atoms with van der Waals surface area (Å²) in [6, 6.07) is 0. The van der Waals surface area contributed by atoms with Crippen molar-refractivity contribution < 1.29 is 29.6 Å². The predicted octanol–water partition coefficient (Wildman–Crippen LogP) is 2.90. The first-order valence-corrected chi connectivity index (χ1v) is 10.9. The first-order chi connectivity index (χ1) is 13.8. The van der Waals surface area contributed by atoms with Crippen LogP contribution in [0.2, 0.25) is 0 Å². The minimum absolute atomic E-state index is 0.0164. The Bertz CT molecular complexity index is 566. The molecule has 2 aliphatic heterocycles. The van der Waals surface area contributed by atoms with Crippen LogP contribution in [-0.4, -0.2) is 58.4 Å². The third kappa shape index (κ3) is 7.21. The van der Waals surface area contributed by atoms with E-state index in [1.54, 1.807) is 12.2 Å². The van der Waals surface area contributed by atoms with Crippen LogP contribution in [0.5, 0.6) is 0 Å². The van der Waals surface area contributed by atoms with E-state index in [9.17, 15) is 20.1 Å². The van der Waals surface area contributed by atoms with Gasteiger partial charge in [-0.2, -0.15) is 0 Å². The molecule has 2 rings (SSSR count). The Kier molecular flexibility index (Phi) is 9.34. The van der Waals surface area contributed by atoms with E-state index in [1.807, 2.05) is 26.8 Å². The Morgan fingerprint density at radius 2 is 2.03 bits per heavy atom. The molecule has 3 N–H and O–H groups in total. The number of esters is 1. The van der Waals surface area contributed by atoms with Gasteiger partial charge in [0.2, 0.25) is 0 Å². The molecule has 2 heterocycles. The standard InChI is InChI=1S/C23H38O6/c1-4-16(15-24)11-12-19-13-17(25)14-20(26)23(2,3)21-9-5-7-18(28-21)8-6-10-22(27)29-19/h6,10-12,16-21,24-26H,4-5,7-9,13-15H2,1-3H3/b10-6+,12-11-/t16-,17-,18-,19-,20+,21+/m1/s1. The maximum atomic E-state index is 12.2. The van der Waals surface area contributed by atoms with Crippen molar-refractivity contribution in [2.75, 3.05) is 6.61 Å². The Morgan fingerprint density at radius 3 is 2.72 bits per heavy atom. The highest BCUT2D eigenvalue weighted by Crippen LogP contribution is 2.38. The highest BCUT2D eigenvalue weighted by molar-refractivity contribution is 5.82. The topological polar surface area (TPSA) is 96.2 Å². The lowest BCUT2D eigenvalue weighted by atomic mass is 9.75. The minimum Gasteiger partial charge on any atom is -0.455 e. The second-order valence-corrected chi connectivity index (χ2v) is 8.99. The van der Waals surface area contributed by atoms with Crippen molar-refractivity contribution in [3.05, 3.63) is 24.3 Å². The fourth-order valence-electron chi connectivity index (χ4n) is 4.04. The number of ether oxygens (including phenoxy) is 2. The Balaban J connectivity index is 2.20. The highest BCUT2D eigenvalue weighted by Gasteiger charge is 2.40. The maximum Gasteiger partial charge on any atom is 0.331 e. The van der Waals surface area contributed by atoms with Crippen LogP contribution in [0.25, 0.3) is 0 Å². The summed E-state index contributed by atoms with van der Waals surface area (Å²) in [7, 11) is 0. The molecule has 0 aromatic carbocycles. The van der Waals surface area contributed by atoms with Crippen molar-refractivity contribution in [2.24, 2.45) is 11.3 Å². The summed E-state index contributed by atoms with van der Waals surface area (Å²) in [5.74, 6) is -0.482. The van der Waals surface area contributed by atoms with Gasteiger partial charge in [0, 0.05) is 24.5 Å². The number of carbonyl (C=O) groups is 1. The summed E-state index contributed by atoms with van der Waals surface area (Å²) >= 11 is 0. The number of cyclic esters (lactones) is 1. The molecule has 0 saturated carbocycles. The lowest BCUT2D eigenvalue weighted by Crippen LogP contribution is -2.46. The van der Waals surface area contributed by atoms with Crippen LogP contribution in [-0.2, 0) is 14.3 Å². The van der Waals surface area contributed by atoms with Crippen LogP contribution >= 0.6 is 0 Å². The highest BCUT2D eigenvalue weighted by atomic mass is 16.5. The molecule has 6 atom stereocenters. The molecule has 0 aliphatic carbocycles. The predicted molar refractivity (Wildman–Crippen MR) is 111 cm³/mol. The van der Waals surface area contributed by atoms with Crippen LogP contribution in [0.1, 0.15) is 65.7 Å². The number of rotatable bonds is 4. The van der Waals surface area contributed by atoms with Gasteiger partial charge in [-0.15, -0.1) is 0 Å². The van der Waals surface area contributed by atoms with E-state index in [2.05, 4.69) is 0 Å². The number of carbonyl (C=O) groups excluding carboxylic acids is 1. The van der Waals surface area contributed by atoms with E-state index in [1.165, 1.54) is 6.08 Å². The molecule has 2 aliphatic rings. The van der Waals surface area contributed by atoms with Gasteiger partial charge in [0.05, 0.1) is 24.4 Å².